The molecule has 0 atom stereocenters. The van der Waals surface area contributed by atoms with Crippen LogP contribution < -0.4 is 10.1 Å². The Balaban J connectivity index is 1.90. The third kappa shape index (κ3) is 4.30. The first kappa shape index (κ1) is 12.9. The fourth-order valence-corrected chi connectivity index (χ4v) is 1.90. The van der Waals surface area contributed by atoms with Crippen LogP contribution in [-0.4, -0.2) is 19.4 Å². The van der Waals surface area contributed by atoms with Gasteiger partial charge in [-0.05, 0) is 43.5 Å². The van der Waals surface area contributed by atoms with E-state index in [2.05, 4.69) is 27.3 Å². The summed E-state index contributed by atoms with van der Waals surface area (Å²) in [5.41, 5.74) is 1.23. The first-order valence-corrected chi connectivity index (χ1v) is 6.81. The summed E-state index contributed by atoms with van der Waals surface area (Å²) in [5.74, 6) is 0.856. The highest BCUT2D eigenvalue weighted by Gasteiger charge is 2.20. The van der Waals surface area contributed by atoms with Crippen LogP contribution in [0.4, 0.5) is 0 Å². The summed E-state index contributed by atoms with van der Waals surface area (Å²) in [6.45, 7) is 3.83. The van der Waals surface area contributed by atoms with Gasteiger partial charge in [-0.25, -0.2) is 0 Å². The number of ether oxygens (including phenoxy) is 2. The highest BCUT2D eigenvalue weighted by molar-refractivity contribution is 9.10. The minimum absolute atomic E-state index is 0.313. The summed E-state index contributed by atoms with van der Waals surface area (Å²) in [7, 11) is 0. The molecule has 0 saturated heterocycles. The molecule has 17 heavy (non-hydrogen) atoms. The quantitative estimate of drug-likeness (QED) is 0.620. The maximum Gasteiger partial charge on any atom is 0.189 e. The molecule has 1 aliphatic carbocycles. The Labute approximate surface area is 111 Å². The Hall–Kier alpha value is -0.580. The lowest BCUT2D eigenvalue weighted by molar-refractivity contribution is 0.0223. The molecule has 0 aromatic heterocycles. The topological polar surface area (TPSA) is 30.5 Å². The Kier molecular flexibility index (Phi) is 4.83. The van der Waals surface area contributed by atoms with Crippen LogP contribution >= 0.6 is 15.9 Å². The molecule has 94 valence electrons. The van der Waals surface area contributed by atoms with E-state index < -0.39 is 0 Å². The largest absolute Gasteiger partial charge is 0.468 e. The van der Waals surface area contributed by atoms with E-state index in [9.17, 15) is 0 Å². The van der Waals surface area contributed by atoms with E-state index in [0.717, 1.165) is 22.8 Å². The van der Waals surface area contributed by atoms with Gasteiger partial charge in [-0.15, -0.1) is 0 Å². The van der Waals surface area contributed by atoms with Crippen LogP contribution in [0.15, 0.2) is 22.7 Å². The third-order valence-electron chi connectivity index (χ3n) is 2.69. The zero-order valence-electron chi connectivity index (χ0n) is 10.0. The van der Waals surface area contributed by atoms with Gasteiger partial charge in [-0.2, -0.15) is 0 Å². The molecule has 0 aliphatic heterocycles. The molecule has 1 aromatic rings. The summed E-state index contributed by atoms with van der Waals surface area (Å²) in [6.07, 6.45) is 2.61. The summed E-state index contributed by atoms with van der Waals surface area (Å²) >= 11 is 3.56. The second-order valence-corrected chi connectivity index (χ2v) is 5.02. The second-order valence-electron chi connectivity index (χ2n) is 4.16. The molecule has 2 rings (SSSR count). The van der Waals surface area contributed by atoms with Gasteiger partial charge >= 0.3 is 0 Å². The van der Waals surface area contributed by atoms with Crippen molar-refractivity contribution in [3.8, 4) is 5.75 Å². The van der Waals surface area contributed by atoms with Crippen molar-refractivity contribution in [1.29, 1.82) is 0 Å². The molecule has 0 amide bonds. The van der Waals surface area contributed by atoms with Crippen LogP contribution in [0.2, 0.25) is 0 Å². The molecule has 1 N–H and O–H groups in total. The van der Waals surface area contributed by atoms with Crippen molar-refractivity contribution in [2.45, 2.75) is 32.4 Å². The molecule has 1 aliphatic rings. The lowest BCUT2D eigenvalue weighted by atomic mass is 10.2. The molecule has 1 fully saturated rings. The van der Waals surface area contributed by atoms with Crippen LogP contribution in [0, 0.1) is 0 Å². The first-order valence-electron chi connectivity index (χ1n) is 6.02. The third-order valence-corrected chi connectivity index (χ3v) is 3.46. The van der Waals surface area contributed by atoms with Gasteiger partial charge in [0.1, 0.15) is 5.75 Å². The zero-order valence-corrected chi connectivity index (χ0v) is 11.6. The molecule has 0 heterocycles. The van der Waals surface area contributed by atoms with Crippen molar-refractivity contribution in [3.05, 3.63) is 28.2 Å². The van der Waals surface area contributed by atoms with E-state index in [-0.39, 0.29) is 0 Å². The van der Waals surface area contributed by atoms with Gasteiger partial charge in [-0.3, -0.25) is 0 Å². The maximum atomic E-state index is 5.49. The normalized spacial score (nSPS) is 14.9. The second kappa shape index (κ2) is 6.38. The number of benzene rings is 1. The Morgan fingerprint density at radius 1 is 1.41 bits per heavy atom. The van der Waals surface area contributed by atoms with Crippen molar-refractivity contribution in [3.63, 3.8) is 0 Å². The molecule has 1 saturated carbocycles. The Bertz CT molecular complexity index is 366. The molecule has 0 unspecified atom stereocenters. The smallest absolute Gasteiger partial charge is 0.189 e. The number of hydrogen-bond acceptors (Lipinski definition) is 3. The van der Waals surface area contributed by atoms with Crippen molar-refractivity contribution >= 4 is 15.9 Å². The molecule has 1 aromatic carbocycles. The van der Waals surface area contributed by atoms with E-state index in [0.29, 0.717) is 13.4 Å². The van der Waals surface area contributed by atoms with Crippen molar-refractivity contribution in [1.82, 2.24) is 5.32 Å². The van der Waals surface area contributed by atoms with Gasteiger partial charge < -0.3 is 14.8 Å². The van der Waals surface area contributed by atoms with Crippen LogP contribution in [0.25, 0.3) is 0 Å². The molecule has 3 nitrogen and oxygen atoms in total. The number of nitrogens with one attached hydrogen (secondary N) is 1. The minimum Gasteiger partial charge on any atom is -0.468 e. The van der Waals surface area contributed by atoms with E-state index >= 15 is 0 Å². The fraction of sp³-hybridized carbons (Fsp3) is 0.538. The fourth-order valence-electron chi connectivity index (χ4n) is 1.51. The zero-order chi connectivity index (χ0) is 12.1. The average molecular weight is 300 g/mol. The van der Waals surface area contributed by atoms with Crippen LogP contribution in [0.5, 0.6) is 5.75 Å². The van der Waals surface area contributed by atoms with E-state index in [1.807, 2.05) is 19.1 Å². The Morgan fingerprint density at radius 2 is 2.24 bits per heavy atom. The highest BCUT2D eigenvalue weighted by atomic mass is 79.9. The summed E-state index contributed by atoms with van der Waals surface area (Å²) in [6, 6.07) is 6.74. The van der Waals surface area contributed by atoms with Crippen molar-refractivity contribution < 1.29 is 9.47 Å². The van der Waals surface area contributed by atoms with E-state index in [1.165, 1.54) is 18.4 Å². The van der Waals surface area contributed by atoms with Gasteiger partial charge in [0.15, 0.2) is 6.79 Å². The average Bonchev–Trinajstić information content (AvgIpc) is 3.14. The predicted octanol–water partition coefficient (Wildman–Crippen LogP) is 3.07. The molecular formula is C13H18BrNO2. The molecule has 0 bridgehead atoms. The maximum absolute atomic E-state index is 5.49. The van der Waals surface area contributed by atoms with Crippen molar-refractivity contribution in [2.24, 2.45) is 0 Å². The predicted molar refractivity (Wildman–Crippen MR) is 71.1 cm³/mol. The van der Waals surface area contributed by atoms with Gasteiger partial charge in [0.25, 0.3) is 0 Å². The highest BCUT2D eigenvalue weighted by Crippen LogP contribution is 2.25. The van der Waals surface area contributed by atoms with Crippen LogP contribution in [0.1, 0.15) is 25.3 Å². The lowest BCUT2D eigenvalue weighted by Gasteiger charge is -2.10. The van der Waals surface area contributed by atoms with Gasteiger partial charge in [0, 0.05) is 23.7 Å². The van der Waals surface area contributed by atoms with Gasteiger partial charge in [0.2, 0.25) is 0 Å². The first-order chi connectivity index (χ1) is 8.29. The number of halogens is 1. The Morgan fingerprint density at radius 3 is 2.94 bits per heavy atom. The van der Waals surface area contributed by atoms with Gasteiger partial charge in [-0.1, -0.05) is 15.9 Å². The van der Waals surface area contributed by atoms with Crippen LogP contribution in [0.3, 0.4) is 0 Å². The van der Waals surface area contributed by atoms with Gasteiger partial charge in [0.05, 0.1) is 0 Å². The minimum atomic E-state index is 0.313. The monoisotopic (exact) mass is 299 g/mol. The SMILES string of the molecule is CCOCOc1ccc(Br)c(CNC2CC2)c1. The lowest BCUT2D eigenvalue weighted by Crippen LogP contribution is -2.15. The molecule has 0 spiro atoms. The number of rotatable bonds is 7. The van der Waals surface area contributed by atoms with Crippen LogP contribution in [-0.2, 0) is 11.3 Å². The molecule has 0 radical (unpaired) electrons. The summed E-state index contributed by atoms with van der Waals surface area (Å²) < 4.78 is 11.8. The standard InChI is InChI=1S/C13H18BrNO2/c1-2-16-9-17-12-5-6-13(14)10(7-12)8-15-11-3-4-11/h5-7,11,15H,2-4,8-9H2,1H3. The van der Waals surface area contributed by atoms with E-state index in [4.69, 9.17) is 9.47 Å². The van der Waals surface area contributed by atoms with E-state index in [1.54, 1.807) is 0 Å². The number of hydrogen-bond donors (Lipinski definition) is 1. The summed E-state index contributed by atoms with van der Waals surface area (Å²) in [5, 5.41) is 3.49. The summed E-state index contributed by atoms with van der Waals surface area (Å²) in [4.78, 5) is 0. The molecular weight excluding hydrogens is 282 g/mol. The molecule has 4 heteroatoms. The van der Waals surface area contributed by atoms with Crippen molar-refractivity contribution in [2.75, 3.05) is 13.4 Å².